The van der Waals surface area contributed by atoms with E-state index in [1.807, 2.05) is 17.0 Å². The van der Waals surface area contributed by atoms with E-state index in [1.165, 1.54) is 6.07 Å². The van der Waals surface area contributed by atoms with Crippen LogP contribution in [0.15, 0.2) is 30.6 Å². The van der Waals surface area contributed by atoms with Crippen molar-refractivity contribution in [3.63, 3.8) is 0 Å². The van der Waals surface area contributed by atoms with Crippen molar-refractivity contribution in [1.82, 2.24) is 4.57 Å². The van der Waals surface area contributed by atoms with E-state index in [1.54, 1.807) is 12.1 Å². The highest BCUT2D eigenvalue weighted by Gasteiger charge is 2.86. The van der Waals surface area contributed by atoms with Gasteiger partial charge in [0.25, 0.3) is 5.82 Å². The van der Waals surface area contributed by atoms with Gasteiger partial charge < -0.3 is 12.4 Å². The molecule has 0 spiro atoms. The average molecular weight is 709 g/mol. The lowest BCUT2D eigenvalue weighted by Gasteiger charge is -2.37. The molecule has 0 N–H and O–H groups in total. The third-order valence-electron chi connectivity index (χ3n) is 7.84. The van der Waals surface area contributed by atoms with Crippen LogP contribution in [0.3, 0.4) is 0 Å². The number of aryl methyl sites for hydroxylation is 1. The lowest BCUT2D eigenvalue weighted by atomic mass is 9.94. The number of halogens is 14. The van der Waals surface area contributed by atoms with Crippen LogP contribution in [0.1, 0.15) is 94.4 Å². The molecule has 0 unspecified atom stereocenters. The maximum absolute atomic E-state index is 14.3. The number of hydrogen-bond acceptors (Lipinski definition) is 0. The van der Waals surface area contributed by atoms with Gasteiger partial charge >= 0.3 is 29.9 Å². The lowest BCUT2D eigenvalue weighted by Crippen LogP contribution is -3.00. The first-order valence-corrected chi connectivity index (χ1v) is 14.8. The molecule has 3 rings (SSSR count). The van der Waals surface area contributed by atoms with Crippen LogP contribution in [0.25, 0.3) is 0 Å². The third kappa shape index (κ3) is 8.96. The summed E-state index contributed by atoms with van der Waals surface area (Å²) in [6, 6.07) is 4.57. The van der Waals surface area contributed by atoms with Gasteiger partial charge in [0.2, 0.25) is 0 Å². The second kappa shape index (κ2) is 15.4. The Kier molecular flexibility index (Phi) is 13.4. The predicted molar refractivity (Wildman–Crippen MR) is 139 cm³/mol. The monoisotopic (exact) mass is 708 g/mol. The first kappa shape index (κ1) is 39.3. The van der Waals surface area contributed by atoms with E-state index in [9.17, 15) is 52.7 Å². The molecule has 0 radical (unpaired) electrons. The van der Waals surface area contributed by atoms with Crippen LogP contribution in [0.4, 0.5) is 52.7 Å². The van der Waals surface area contributed by atoms with Crippen molar-refractivity contribution in [2.75, 3.05) is 0 Å². The molecule has 0 aliphatic heterocycles. The van der Waals surface area contributed by atoms with Crippen molar-refractivity contribution in [3.8, 4) is 0 Å². The lowest BCUT2D eigenvalue weighted by molar-refractivity contribution is -0.695. The molecule has 0 bridgehead atoms. The Labute approximate surface area is 264 Å². The minimum absolute atomic E-state index is 0. The predicted octanol–water partition coefficient (Wildman–Crippen LogP) is 7.50. The van der Waals surface area contributed by atoms with Crippen LogP contribution in [0.5, 0.6) is 0 Å². The second-order valence-corrected chi connectivity index (χ2v) is 11.7. The number of benzene rings is 1. The summed E-state index contributed by atoms with van der Waals surface area (Å²) in [6.07, 6.45) is 0.910. The Morgan fingerprint density at radius 2 is 1.27 bits per heavy atom. The fraction of sp³-hybridized carbons (Fsp3) is 0.690. The number of rotatable bonds is 18. The molecule has 1 heterocycles. The van der Waals surface area contributed by atoms with Gasteiger partial charge in [-0.15, -0.1) is 0 Å². The SMILES string of the molecule is Fc1cccc(Cl)c1C[n+]1ccn(CCCCCCCCCCCC(F)(F)C(F)(F)C(F)(F)C(F)(F)C(F)(F)F)c1C1CC1.[Cl-]. The van der Waals surface area contributed by atoms with Gasteiger partial charge in [0.15, 0.2) is 0 Å². The topological polar surface area (TPSA) is 8.81 Å². The van der Waals surface area contributed by atoms with Gasteiger partial charge in [0.1, 0.15) is 24.8 Å². The largest absolute Gasteiger partial charge is 1.00 e. The summed E-state index contributed by atoms with van der Waals surface area (Å²) in [4.78, 5) is 0. The summed E-state index contributed by atoms with van der Waals surface area (Å²) >= 11 is 6.19. The molecule has 1 aromatic carbocycles. The van der Waals surface area contributed by atoms with Gasteiger partial charge in [-0.3, -0.25) is 0 Å². The van der Waals surface area contributed by atoms with Gasteiger partial charge in [-0.2, -0.15) is 48.3 Å². The van der Waals surface area contributed by atoms with Crippen LogP contribution in [0, 0.1) is 5.82 Å². The zero-order valence-corrected chi connectivity index (χ0v) is 25.6. The molecular weight excluding hydrogens is 675 g/mol. The summed E-state index contributed by atoms with van der Waals surface area (Å²) in [7, 11) is 0. The molecule has 45 heavy (non-hydrogen) atoms. The van der Waals surface area contributed by atoms with Crippen LogP contribution < -0.4 is 17.0 Å². The van der Waals surface area contributed by atoms with Gasteiger partial charge in [0, 0.05) is 12.0 Å². The molecule has 0 atom stereocenters. The van der Waals surface area contributed by atoms with Crippen molar-refractivity contribution < 1.29 is 69.7 Å². The number of hydrogen-bond donors (Lipinski definition) is 0. The Hall–Kier alpha value is -1.83. The molecular formula is C29H34Cl2F12N2. The number of nitrogens with zero attached hydrogens (tertiary/aromatic N) is 2. The quantitative estimate of drug-likeness (QED) is 0.0862. The van der Waals surface area contributed by atoms with Crippen LogP contribution in [-0.2, 0) is 13.1 Å². The molecule has 258 valence electrons. The first-order valence-electron chi connectivity index (χ1n) is 14.4. The normalized spacial score (nSPS) is 15.0. The maximum atomic E-state index is 14.3. The van der Waals surface area contributed by atoms with Gasteiger partial charge in [-0.05, 0) is 44.2 Å². The Bertz CT molecular complexity index is 1210. The second-order valence-electron chi connectivity index (χ2n) is 11.3. The van der Waals surface area contributed by atoms with Crippen molar-refractivity contribution in [2.45, 2.75) is 126 Å². The highest BCUT2D eigenvalue weighted by molar-refractivity contribution is 6.31. The fourth-order valence-electron chi connectivity index (χ4n) is 5.09. The van der Waals surface area contributed by atoms with Crippen LogP contribution in [0.2, 0.25) is 5.02 Å². The molecule has 16 heteroatoms. The molecule has 1 aliphatic rings. The highest BCUT2D eigenvalue weighted by Crippen LogP contribution is 2.58. The highest BCUT2D eigenvalue weighted by atomic mass is 35.5. The van der Waals surface area contributed by atoms with Crippen molar-refractivity contribution in [2.24, 2.45) is 0 Å². The van der Waals surface area contributed by atoms with Gasteiger partial charge in [-0.1, -0.05) is 56.2 Å². The summed E-state index contributed by atoms with van der Waals surface area (Å²) in [5, 5.41) is 0.364. The van der Waals surface area contributed by atoms with E-state index in [-0.39, 0.29) is 31.1 Å². The average Bonchev–Trinajstić information content (AvgIpc) is 3.68. The first-order chi connectivity index (χ1) is 20.3. The Morgan fingerprint density at radius 3 is 1.78 bits per heavy atom. The number of unbranched alkanes of at least 4 members (excludes halogenated alkanes) is 8. The van der Waals surface area contributed by atoms with Gasteiger partial charge in [-0.25, -0.2) is 13.5 Å². The third-order valence-corrected chi connectivity index (χ3v) is 8.20. The smallest absolute Gasteiger partial charge is 0.460 e. The van der Waals surface area contributed by atoms with Crippen molar-refractivity contribution in [3.05, 3.63) is 52.8 Å². The number of aromatic nitrogens is 2. The van der Waals surface area contributed by atoms with E-state index >= 15 is 0 Å². The van der Waals surface area contributed by atoms with Gasteiger partial charge in [0.05, 0.1) is 17.5 Å². The Balaban J connectivity index is 0.00000705. The molecule has 1 aliphatic carbocycles. The Morgan fingerprint density at radius 1 is 0.733 bits per heavy atom. The maximum Gasteiger partial charge on any atom is 0.460 e. The molecule has 0 amide bonds. The molecule has 1 saturated carbocycles. The minimum atomic E-state index is -7.34. The summed E-state index contributed by atoms with van der Waals surface area (Å²) in [5.74, 6) is -26.2. The van der Waals surface area contributed by atoms with E-state index < -0.39 is 42.7 Å². The summed E-state index contributed by atoms with van der Waals surface area (Å²) in [5.41, 5.74) is 0.428. The number of alkyl halides is 11. The molecule has 2 aromatic rings. The molecule has 1 aromatic heterocycles. The van der Waals surface area contributed by atoms with Crippen LogP contribution in [-0.4, -0.2) is 34.4 Å². The summed E-state index contributed by atoms with van der Waals surface area (Å²) in [6.45, 7) is 1.08. The zero-order chi connectivity index (χ0) is 33.0. The van der Waals surface area contributed by atoms with Crippen molar-refractivity contribution >= 4 is 11.6 Å². The standard InChI is InChI=1S/C29H34ClF12N2.ClH/c30-22-11-10-12-23(31)21(22)19-44-18-17-43(24(44)20-13-14-20)16-9-7-5-3-1-2-4-6-8-15-25(32,33)26(34,35)27(36,37)28(38,39)29(40,41)42;/h10-12,17-18,20H,1-9,13-16,19H2;1H/q+1;/p-1. The zero-order valence-electron chi connectivity index (χ0n) is 24.0. The summed E-state index contributed by atoms with van der Waals surface area (Å²) < 4.78 is 162. The van der Waals surface area contributed by atoms with E-state index in [2.05, 4.69) is 4.57 Å². The van der Waals surface area contributed by atoms with E-state index in [0.717, 1.165) is 50.9 Å². The van der Waals surface area contributed by atoms with Crippen LogP contribution >= 0.6 is 11.6 Å². The minimum Gasteiger partial charge on any atom is -1.00 e. The van der Waals surface area contributed by atoms with E-state index in [0.29, 0.717) is 35.9 Å². The number of imidazole rings is 1. The molecule has 1 fully saturated rings. The van der Waals surface area contributed by atoms with E-state index in [4.69, 9.17) is 11.6 Å². The molecule has 2 nitrogen and oxygen atoms in total. The fourth-order valence-corrected chi connectivity index (χ4v) is 5.32. The van der Waals surface area contributed by atoms with Crippen molar-refractivity contribution in [1.29, 1.82) is 0 Å². The molecule has 0 saturated heterocycles.